The molecule has 0 rings (SSSR count). The van der Waals surface area contributed by atoms with E-state index in [1.807, 2.05) is 0 Å². The topological polar surface area (TPSA) is 63.6 Å². The molecule has 74 valence electrons. The summed E-state index contributed by atoms with van der Waals surface area (Å²) in [6, 6.07) is 0. The number of rotatable bonds is 7. The summed E-state index contributed by atoms with van der Waals surface area (Å²) >= 11 is 1.44. The van der Waals surface area contributed by atoms with E-state index in [1.165, 1.54) is 11.8 Å². The Labute approximate surface area is 81.0 Å². The van der Waals surface area contributed by atoms with Gasteiger partial charge in [0, 0.05) is 17.6 Å². The van der Waals surface area contributed by atoms with Crippen molar-refractivity contribution in [2.75, 3.05) is 18.1 Å². The molecule has 0 aromatic rings. The van der Waals surface area contributed by atoms with Crippen LogP contribution in [0, 0.1) is 0 Å². The first-order valence-electron chi connectivity index (χ1n) is 3.75. The Morgan fingerprint density at radius 3 is 2.69 bits per heavy atom. The van der Waals surface area contributed by atoms with Crippen molar-refractivity contribution in [3.05, 3.63) is 12.7 Å². The Balaban J connectivity index is 3.12. The summed E-state index contributed by atoms with van der Waals surface area (Å²) < 4.78 is 4.67. The molecule has 0 atom stereocenters. The molecule has 0 radical (unpaired) electrons. The summed E-state index contributed by atoms with van der Waals surface area (Å²) in [5.74, 6) is -0.0946. The number of hydrogen-bond acceptors (Lipinski definition) is 4. The minimum Gasteiger partial charge on any atom is -0.481 e. The van der Waals surface area contributed by atoms with Crippen molar-refractivity contribution < 1.29 is 19.4 Å². The highest BCUT2D eigenvalue weighted by molar-refractivity contribution is 7.99. The lowest BCUT2D eigenvalue weighted by molar-refractivity contribution is -0.137. The fourth-order valence-corrected chi connectivity index (χ4v) is 1.25. The standard InChI is InChI=1S/C8H12O4S/c1-2-8(11)12-4-6-13-5-3-7(9)10/h2H,1,3-6H2,(H,9,10). The highest BCUT2D eigenvalue weighted by Crippen LogP contribution is 2.01. The van der Waals surface area contributed by atoms with Gasteiger partial charge in [0.2, 0.25) is 0 Å². The van der Waals surface area contributed by atoms with Gasteiger partial charge in [-0.2, -0.15) is 11.8 Å². The maximum atomic E-state index is 10.5. The molecule has 13 heavy (non-hydrogen) atoms. The van der Waals surface area contributed by atoms with Crippen molar-refractivity contribution in [2.24, 2.45) is 0 Å². The highest BCUT2D eigenvalue weighted by Gasteiger charge is 1.98. The van der Waals surface area contributed by atoms with Crippen LogP contribution in [-0.2, 0) is 14.3 Å². The fourth-order valence-electron chi connectivity index (χ4n) is 0.522. The number of carboxylic acids is 1. The summed E-state index contributed by atoms with van der Waals surface area (Å²) in [7, 11) is 0. The largest absolute Gasteiger partial charge is 0.481 e. The van der Waals surface area contributed by atoms with Crippen LogP contribution in [0.15, 0.2) is 12.7 Å². The van der Waals surface area contributed by atoms with E-state index < -0.39 is 11.9 Å². The molecule has 0 unspecified atom stereocenters. The molecule has 4 nitrogen and oxygen atoms in total. The van der Waals surface area contributed by atoms with Crippen molar-refractivity contribution in [1.82, 2.24) is 0 Å². The molecule has 0 amide bonds. The Bertz CT molecular complexity index is 191. The van der Waals surface area contributed by atoms with Crippen molar-refractivity contribution in [2.45, 2.75) is 6.42 Å². The summed E-state index contributed by atoms with van der Waals surface area (Å²) in [6.45, 7) is 3.54. The van der Waals surface area contributed by atoms with Crippen LogP contribution in [0.5, 0.6) is 0 Å². The van der Waals surface area contributed by atoms with Gasteiger partial charge < -0.3 is 9.84 Å². The van der Waals surface area contributed by atoms with Crippen LogP contribution < -0.4 is 0 Å². The maximum absolute atomic E-state index is 10.5. The van der Waals surface area contributed by atoms with Crippen LogP contribution >= 0.6 is 11.8 Å². The number of esters is 1. The van der Waals surface area contributed by atoms with Gasteiger partial charge in [0.1, 0.15) is 6.61 Å². The average molecular weight is 204 g/mol. The monoisotopic (exact) mass is 204 g/mol. The van der Waals surface area contributed by atoms with Crippen LogP contribution in [0.1, 0.15) is 6.42 Å². The Hall–Kier alpha value is -0.970. The quantitative estimate of drug-likeness (QED) is 0.379. The molecular formula is C8H12O4S. The first kappa shape index (κ1) is 12.0. The van der Waals surface area contributed by atoms with Gasteiger partial charge in [-0.25, -0.2) is 4.79 Å². The smallest absolute Gasteiger partial charge is 0.330 e. The third kappa shape index (κ3) is 8.94. The summed E-state index contributed by atoms with van der Waals surface area (Å²) in [5, 5.41) is 8.28. The normalized spacial score (nSPS) is 9.23. The van der Waals surface area contributed by atoms with Gasteiger partial charge >= 0.3 is 11.9 Å². The number of thioether (sulfide) groups is 1. The molecule has 0 heterocycles. The minimum absolute atomic E-state index is 0.139. The van der Waals surface area contributed by atoms with Gasteiger partial charge in [-0.1, -0.05) is 6.58 Å². The van der Waals surface area contributed by atoms with Gasteiger partial charge in [-0.05, 0) is 0 Å². The van der Waals surface area contributed by atoms with E-state index in [4.69, 9.17) is 5.11 Å². The van der Waals surface area contributed by atoms with Crippen molar-refractivity contribution in [3.63, 3.8) is 0 Å². The number of hydrogen-bond donors (Lipinski definition) is 1. The molecule has 5 heteroatoms. The minimum atomic E-state index is -0.810. The zero-order chi connectivity index (χ0) is 10.1. The van der Waals surface area contributed by atoms with E-state index in [0.29, 0.717) is 18.1 Å². The molecule has 0 saturated carbocycles. The van der Waals surface area contributed by atoms with Crippen LogP contribution in [-0.4, -0.2) is 35.2 Å². The van der Waals surface area contributed by atoms with Crippen LogP contribution in [0.2, 0.25) is 0 Å². The van der Waals surface area contributed by atoms with E-state index in [1.54, 1.807) is 0 Å². The second-order valence-corrected chi connectivity index (χ2v) is 3.35. The summed E-state index contributed by atoms with van der Waals surface area (Å²) in [4.78, 5) is 20.6. The van der Waals surface area contributed by atoms with Crippen LogP contribution in [0.4, 0.5) is 0 Å². The molecule has 0 saturated heterocycles. The molecule has 0 aliphatic carbocycles. The third-order valence-electron chi connectivity index (χ3n) is 1.10. The van der Waals surface area contributed by atoms with E-state index in [2.05, 4.69) is 11.3 Å². The SMILES string of the molecule is C=CC(=O)OCCSCCC(=O)O. The van der Waals surface area contributed by atoms with Gasteiger partial charge in [-0.15, -0.1) is 0 Å². The molecule has 0 aliphatic rings. The third-order valence-corrected chi connectivity index (χ3v) is 2.05. The molecular weight excluding hydrogens is 192 g/mol. The van der Waals surface area contributed by atoms with Crippen molar-refractivity contribution >= 4 is 23.7 Å². The lowest BCUT2D eigenvalue weighted by atomic mass is 10.5. The van der Waals surface area contributed by atoms with Gasteiger partial charge in [0.25, 0.3) is 0 Å². The fraction of sp³-hybridized carbons (Fsp3) is 0.500. The van der Waals surface area contributed by atoms with Crippen LogP contribution in [0.25, 0.3) is 0 Å². The zero-order valence-electron chi connectivity index (χ0n) is 7.19. The number of aliphatic carboxylic acids is 1. The van der Waals surface area contributed by atoms with Gasteiger partial charge in [-0.3, -0.25) is 4.79 Å². The predicted octanol–water partition coefficient (Wildman–Crippen LogP) is 0.923. The van der Waals surface area contributed by atoms with Crippen molar-refractivity contribution in [3.8, 4) is 0 Å². The first-order chi connectivity index (χ1) is 6.16. The van der Waals surface area contributed by atoms with E-state index in [9.17, 15) is 9.59 Å². The number of carbonyl (C=O) groups is 2. The number of ether oxygens (including phenoxy) is 1. The van der Waals surface area contributed by atoms with Crippen LogP contribution in [0.3, 0.4) is 0 Å². The molecule has 0 bridgehead atoms. The predicted molar refractivity (Wildman–Crippen MR) is 50.7 cm³/mol. The lowest BCUT2D eigenvalue weighted by Gasteiger charge is -2.00. The second-order valence-electron chi connectivity index (χ2n) is 2.13. The van der Waals surface area contributed by atoms with E-state index in [0.717, 1.165) is 6.08 Å². The molecule has 0 aromatic heterocycles. The lowest BCUT2D eigenvalue weighted by Crippen LogP contribution is -2.04. The number of carbonyl (C=O) groups excluding carboxylic acids is 1. The molecule has 0 aliphatic heterocycles. The van der Waals surface area contributed by atoms with Gasteiger partial charge in [0.15, 0.2) is 0 Å². The summed E-state index contributed by atoms with van der Waals surface area (Å²) in [5.41, 5.74) is 0. The average Bonchev–Trinajstić information content (AvgIpc) is 2.10. The number of carboxylic acid groups (broad SMARTS) is 1. The second kappa shape index (κ2) is 7.67. The van der Waals surface area contributed by atoms with Gasteiger partial charge in [0.05, 0.1) is 6.42 Å². The highest BCUT2D eigenvalue weighted by atomic mass is 32.2. The first-order valence-corrected chi connectivity index (χ1v) is 4.91. The summed E-state index contributed by atoms with van der Waals surface area (Å²) in [6.07, 6.45) is 1.24. The Morgan fingerprint density at radius 1 is 1.46 bits per heavy atom. The maximum Gasteiger partial charge on any atom is 0.330 e. The molecule has 1 N–H and O–H groups in total. The van der Waals surface area contributed by atoms with E-state index >= 15 is 0 Å². The molecule has 0 aromatic carbocycles. The van der Waals surface area contributed by atoms with E-state index in [-0.39, 0.29) is 6.42 Å². The Morgan fingerprint density at radius 2 is 2.15 bits per heavy atom. The van der Waals surface area contributed by atoms with Crippen molar-refractivity contribution in [1.29, 1.82) is 0 Å². The Kier molecular flexibility index (Phi) is 7.10. The molecule has 0 spiro atoms. The molecule has 0 fully saturated rings. The zero-order valence-corrected chi connectivity index (χ0v) is 8.01.